The predicted octanol–water partition coefficient (Wildman–Crippen LogP) is 3.60. The lowest BCUT2D eigenvalue weighted by Gasteiger charge is -2.30. The quantitative estimate of drug-likeness (QED) is 0.484. The summed E-state index contributed by atoms with van der Waals surface area (Å²) in [5.74, 6) is -0.792. The molecule has 1 N–H and O–H groups in total. The first-order chi connectivity index (χ1) is 15.6. The number of likely N-dealkylation sites (N-methyl/N-ethyl adjacent to an activating group) is 1. The fourth-order valence-corrected chi connectivity index (χ4v) is 4.50. The molecule has 0 unspecified atom stereocenters. The molecular weight excluding hydrogens is 462 g/mol. The fourth-order valence-electron chi connectivity index (χ4n) is 3.19. The van der Waals surface area contributed by atoms with Crippen LogP contribution >= 0.6 is 11.6 Å². The molecule has 7 nitrogen and oxygen atoms in total. The predicted molar refractivity (Wildman–Crippen MR) is 130 cm³/mol. The van der Waals surface area contributed by atoms with Crippen LogP contribution in [-0.2, 0) is 26.2 Å². The summed E-state index contributed by atoms with van der Waals surface area (Å²) in [7, 11) is -2.52. The summed E-state index contributed by atoms with van der Waals surface area (Å²) < 4.78 is 26.9. The van der Waals surface area contributed by atoms with E-state index in [1.54, 1.807) is 43.3 Å². The van der Waals surface area contributed by atoms with Gasteiger partial charge < -0.3 is 10.2 Å². The van der Waals surface area contributed by atoms with Crippen molar-refractivity contribution in [3.63, 3.8) is 0 Å². The van der Waals surface area contributed by atoms with Gasteiger partial charge in [0.15, 0.2) is 0 Å². The number of carbonyl (C=O) groups is 2. The number of nitrogens with one attached hydrogen (secondary N) is 1. The van der Waals surface area contributed by atoms with Crippen LogP contribution in [0.5, 0.6) is 0 Å². The molecule has 0 aliphatic heterocycles. The molecule has 0 aliphatic carbocycles. The van der Waals surface area contributed by atoms with E-state index >= 15 is 0 Å². The van der Waals surface area contributed by atoms with Crippen molar-refractivity contribution in [1.29, 1.82) is 0 Å². The minimum atomic E-state index is -3.87. The highest BCUT2D eigenvalue weighted by Crippen LogP contribution is 2.20. The Balaban J connectivity index is 2.25. The first-order valence-corrected chi connectivity index (χ1v) is 12.7. The van der Waals surface area contributed by atoms with Gasteiger partial charge in [0.2, 0.25) is 21.8 Å². The summed E-state index contributed by atoms with van der Waals surface area (Å²) in [6.45, 7) is 5.70. The second-order valence-electron chi connectivity index (χ2n) is 8.01. The maximum absolute atomic E-state index is 13.3. The number of hydrogen-bond acceptors (Lipinski definition) is 4. The fraction of sp³-hybridized carbons (Fsp3) is 0.417. The lowest BCUT2D eigenvalue weighted by atomic mass is 10.1. The van der Waals surface area contributed by atoms with Crippen LogP contribution in [0.4, 0.5) is 0 Å². The van der Waals surface area contributed by atoms with E-state index in [1.807, 2.05) is 13.8 Å². The van der Waals surface area contributed by atoms with Crippen molar-refractivity contribution in [2.75, 3.05) is 20.1 Å². The molecule has 0 bridgehead atoms. The highest BCUT2D eigenvalue weighted by molar-refractivity contribution is 7.89. The monoisotopic (exact) mass is 493 g/mol. The highest BCUT2D eigenvalue weighted by Gasteiger charge is 2.30. The van der Waals surface area contributed by atoms with Gasteiger partial charge in [-0.1, -0.05) is 60.8 Å². The molecule has 2 aromatic rings. The van der Waals surface area contributed by atoms with Crippen LogP contribution in [0.25, 0.3) is 0 Å². The van der Waals surface area contributed by atoms with Crippen molar-refractivity contribution in [2.45, 2.75) is 51.1 Å². The number of unbranched alkanes of at least 4 members (excludes halogenated alkanes) is 1. The molecule has 2 amide bonds. The number of halogens is 1. The number of nitrogens with zero attached hydrogens (tertiary/aromatic N) is 2. The third kappa shape index (κ3) is 7.28. The zero-order valence-electron chi connectivity index (χ0n) is 19.5. The summed E-state index contributed by atoms with van der Waals surface area (Å²) in [6, 6.07) is 12.7. The van der Waals surface area contributed by atoms with E-state index in [0.29, 0.717) is 17.1 Å². The van der Waals surface area contributed by atoms with Crippen LogP contribution in [0.15, 0.2) is 53.4 Å². The van der Waals surface area contributed by atoms with Crippen molar-refractivity contribution in [2.24, 2.45) is 0 Å². The lowest BCUT2D eigenvalue weighted by Crippen LogP contribution is -2.50. The number of rotatable bonds is 11. The topological polar surface area (TPSA) is 86.8 Å². The van der Waals surface area contributed by atoms with Gasteiger partial charge in [0.25, 0.3) is 0 Å². The number of amides is 2. The number of hydrogen-bond donors (Lipinski definition) is 1. The van der Waals surface area contributed by atoms with Gasteiger partial charge in [0, 0.05) is 25.2 Å². The molecule has 0 heterocycles. The van der Waals surface area contributed by atoms with E-state index in [9.17, 15) is 18.0 Å². The molecule has 0 aromatic heterocycles. The van der Waals surface area contributed by atoms with E-state index in [2.05, 4.69) is 5.32 Å². The minimum absolute atomic E-state index is 0.0826. The van der Waals surface area contributed by atoms with Crippen LogP contribution in [-0.4, -0.2) is 55.6 Å². The van der Waals surface area contributed by atoms with Gasteiger partial charge in [-0.25, -0.2) is 8.42 Å². The van der Waals surface area contributed by atoms with Crippen LogP contribution < -0.4 is 5.32 Å². The van der Waals surface area contributed by atoms with Crippen LogP contribution in [0.2, 0.25) is 5.02 Å². The number of sulfonamides is 1. The Labute approximate surface area is 201 Å². The molecule has 2 rings (SSSR count). The largest absolute Gasteiger partial charge is 0.354 e. The van der Waals surface area contributed by atoms with Crippen molar-refractivity contribution < 1.29 is 18.0 Å². The summed E-state index contributed by atoms with van der Waals surface area (Å²) >= 11 is 6.29. The zero-order chi connectivity index (χ0) is 24.6. The molecule has 0 aliphatic rings. The van der Waals surface area contributed by atoms with Gasteiger partial charge in [0.1, 0.15) is 6.04 Å². The molecular formula is C24H32ClN3O4S. The Morgan fingerprint density at radius 2 is 1.73 bits per heavy atom. The Kier molecular flexibility index (Phi) is 9.88. The third-order valence-electron chi connectivity index (χ3n) is 5.38. The van der Waals surface area contributed by atoms with Crippen molar-refractivity contribution >= 4 is 33.4 Å². The van der Waals surface area contributed by atoms with E-state index in [1.165, 1.54) is 24.1 Å². The Morgan fingerprint density at radius 1 is 1.09 bits per heavy atom. The van der Waals surface area contributed by atoms with Gasteiger partial charge >= 0.3 is 0 Å². The van der Waals surface area contributed by atoms with Gasteiger partial charge in [-0.2, -0.15) is 4.31 Å². The SMILES string of the molecule is CCCCNC(=O)[C@H](C)N(Cc1ccccc1Cl)C(=O)CN(C)S(=O)(=O)c1ccc(C)cc1. The van der Waals surface area contributed by atoms with E-state index < -0.39 is 28.5 Å². The average molecular weight is 494 g/mol. The maximum atomic E-state index is 13.3. The third-order valence-corrected chi connectivity index (χ3v) is 7.57. The van der Waals surface area contributed by atoms with E-state index in [-0.39, 0.29) is 17.3 Å². The standard InChI is InChI=1S/C24H32ClN3O4S/c1-5-6-15-26-24(30)19(3)28(16-20-9-7-8-10-22(20)25)23(29)17-27(4)33(31,32)21-13-11-18(2)12-14-21/h7-14,19H,5-6,15-17H2,1-4H3,(H,26,30)/t19-/m0/s1. The molecule has 0 saturated heterocycles. The molecule has 180 valence electrons. The zero-order valence-corrected chi connectivity index (χ0v) is 21.1. The van der Waals surface area contributed by atoms with Crippen molar-refractivity contribution in [3.05, 3.63) is 64.7 Å². The Morgan fingerprint density at radius 3 is 2.33 bits per heavy atom. The molecule has 9 heteroatoms. The van der Waals surface area contributed by atoms with Crippen LogP contribution in [0.3, 0.4) is 0 Å². The number of carbonyl (C=O) groups excluding carboxylic acids is 2. The normalized spacial score (nSPS) is 12.4. The minimum Gasteiger partial charge on any atom is -0.354 e. The molecule has 33 heavy (non-hydrogen) atoms. The number of aryl methyl sites for hydroxylation is 1. The maximum Gasteiger partial charge on any atom is 0.243 e. The van der Waals surface area contributed by atoms with Crippen molar-refractivity contribution in [1.82, 2.24) is 14.5 Å². The summed E-state index contributed by atoms with van der Waals surface area (Å²) in [5.41, 5.74) is 1.60. The van der Waals surface area contributed by atoms with Crippen LogP contribution in [0.1, 0.15) is 37.8 Å². The van der Waals surface area contributed by atoms with Gasteiger partial charge in [-0.15, -0.1) is 0 Å². The van der Waals surface area contributed by atoms with Crippen molar-refractivity contribution in [3.8, 4) is 0 Å². The van der Waals surface area contributed by atoms with Crippen LogP contribution in [0, 0.1) is 6.92 Å². The second-order valence-corrected chi connectivity index (χ2v) is 10.5. The average Bonchev–Trinajstić information content (AvgIpc) is 2.78. The summed E-state index contributed by atoms with van der Waals surface area (Å²) in [5, 5.41) is 3.30. The van der Waals surface area contributed by atoms with E-state index in [0.717, 1.165) is 22.7 Å². The lowest BCUT2D eigenvalue weighted by molar-refractivity contribution is -0.140. The van der Waals surface area contributed by atoms with Gasteiger partial charge in [-0.05, 0) is 44.0 Å². The van der Waals surface area contributed by atoms with Gasteiger partial charge in [-0.3, -0.25) is 9.59 Å². The molecule has 0 fully saturated rings. The molecule has 0 spiro atoms. The number of benzene rings is 2. The first kappa shape index (κ1) is 26.8. The smallest absolute Gasteiger partial charge is 0.243 e. The Hall–Kier alpha value is -2.42. The molecule has 0 radical (unpaired) electrons. The molecule has 2 aromatic carbocycles. The second kappa shape index (κ2) is 12.2. The molecule has 1 atom stereocenters. The highest BCUT2D eigenvalue weighted by atomic mass is 35.5. The van der Waals surface area contributed by atoms with Gasteiger partial charge in [0.05, 0.1) is 11.4 Å². The first-order valence-electron chi connectivity index (χ1n) is 10.9. The molecule has 0 saturated carbocycles. The summed E-state index contributed by atoms with van der Waals surface area (Å²) in [6.07, 6.45) is 1.76. The van der Waals surface area contributed by atoms with E-state index in [4.69, 9.17) is 11.6 Å². The summed E-state index contributed by atoms with van der Waals surface area (Å²) in [4.78, 5) is 27.4. The Bertz CT molecular complexity index is 1060.